The van der Waals surface area contributed by atoms with E-state index >= 15 is 0 Å². The number of hydrogen-bond donors (Lipinski definition) is 2. The highest BCUT2D eigenvalue weighted by Crippen LogP contribution is 2.16. The van der Waals surface area contributed by atoms with Crippen LogP contribution in [0.3, 0.4) is 0 Å². The lowest BCUT2D eigenvalue weighted by atomic mass is 10.3. The lowest BCUT2D eigenvalue weighted by Gasteiger charge is -2.02. The second kappa shape index (κ2) is 7.92. The van der Waals surface area contributed by atoms with Crippen molar-refractivity contribution in [3.05, 3.63) is 16.6 Å². The summed E-state index contributed by atoms with van der Waals surface area (Å²) in [6.07, 6.45) is 1.83. The number of nitriles is 1. The van der Waals surface area contributed by atoms with Gasteiger partial charge in [-0.3, -0.25) is 10.3 Å². The number of rotatable bonds is 5. The minimum atomic E-state index is 0.515. The van der Waals surface area contributed by atoms with E-state index in [9.17, 15) is 0 Å². The first-order valence-electron chi connectivity index (χ1n) is 5.12. The lowest BCUT2D eigenvalue weighted by molar-refractivity contribution is 1.01. The number of nitrogens with one attached hydrogen (secondary N) is 2. The summed E-state index contributed by atoms with van der Waals surface area (Å²) in [6, 6.07) is 0. The van der Waals surface area contributed by atoms with Crippen molar-refractivity contribution in [3.8, 4) is 6.19 Å². The van der Waals surface area contributed by atoms with E-state index in [1.807, 2.05) is 24.9 Å². The zero-order valence-corrected chi connectivity index (χ0v) is 11.5. The predicted octanol–water partition coefficient (Wildman–Crippen LogP) is 1.33. The van der Waals surface area contributed by atoms with Gasteiger partial charge in [-0.2, -0.15) is 21.4 Å². The molecule has 1 aromatic rings. The molecule has 0 aliphatic heterocycles. The van der Waals surface area contributed by atoms with Crippen LogP contribution in [0.4, 0.5) is 0 Å². The SMILES string of the molecule is CN/C(=N/CCSCc1csnc1C)NC#N. The van der Waals surface area contributed by atoms with Crippen LogP contribution in [0, 0.1) is 18.4 Å². The summed E-state index contributed by atoms with van der Waals surface area (Å²) >= 11 is 3.32. The zero-order chi connectivity index (χ0) is 12.5. The Bertz CT molecular complexity index is 407. The van der Waals surface area contributed by atoms with Crippen molar-refractivity contribution in [3.63, 3.8) is 0 Å². The third kappa shape index (κ3) is 5.06. The molecule has 5 nitrogen and oxygen atoms in total. The second-order valence-electron chi connectivity index (χ2n) is 3.19. The Hall–Kier alpha value is -1.26. The summed E-state index contributed by atoms with van der Waals surface area (Å²) in [7, 11) is 1.73. The van der Waals surface area contributed by atoms with Gasteiger partial charge in [-0.25, -0.2) is 0 Å². The van der Waals surface area contributed by atoms with Crippen molar-refractivity contribution in [2.24, 2.45) is 4.99 Å². The number of thioether (sulfide) groups is 1. The topological polar surface area (TPSA) is 73.1 Å². The van der Waals surface area contributed by atoms with E-state index in [0.29, 0.717) is 12.5 Å². The van der Waals surface area contributed by atoms with Crippen molar-refractivity contribution in [2.75, 3.05) is 19.3 Å². The largest absolute Gasteiger partial charge is 0.359 e. The van der Waals surface area contributed by atoms with Crippen LogP contribution >= 0.6 is 23.3 Å². The van der Waals surface area contributed by atoms with E-state index in [1.54, 1.807) is 7.05 Å². The number of aromatic nitrogens is 1. The van der Waals surface area contributed by atoms with Gasteiger partial charge in [-0.05, 0) is 24.0 Å². The number of aliphatic imine (C=N–C) groups is 1. The highest BCUT2D eigenvalue weighted by molar-refractivity contribution is 7.98. The Labute approximate surface area is 109 Å². The summed E-state index contributed by atoms with van der Waals surface area (Å²) in [5, 5.41) is 15.8. The standard InChI is InChI=1S/C10H15N5S2/c1-8-9(6-17-15-8)5-16-4-3-13-10(12-2)14-7-11/h6H,3-5H2,1-2H3,(H2,12,13,14). The molecule has 92 valence electrons. The van der Waals surface area contributed by atoms with E-state index < -0.39 is 0 Å². The minimum Gasteiger partial charge on any atom is -0.359 e. The summed E-state index contributed by atoms with van der Waals surface area (Å²) in [4.78, 5) is 4.21. The van der Waals surface area contributed by atoms with Gasteiger partial charge in [-0.1, -0.05) is 0 Å². The molecule has 0 atom stereocenters. The van der Waals surface area contributed by atoms with Crippen molar-refractivity contribution in [2.45, 2.75) is 12.7 Å². The van der Waals surface area contributed by atoms with E-state index in [4.69, 9.17) is 5.26 Å². The Morgan fingerprint density at radius 3 is 3.12 bits per heavy atom. The molecule has 0 unspecified atom stereocenters. The van der Waals surface area contributed by atoms with Crippen molar-refractivity contribution in [1.29, 1.82) is 5.26 Å². The van der Waals surface area contributed by atoms with Gasteiger partial charge < -0.3 is 5.32 Å². The van der Waals surface area contributed by atoms with E-state index in [1.165, 1.54) is 17.1 Å². The average molecular weight is 269 g/mol. The maximum absolute atomic E-state index is 8.43. The van der Waals surface area contributed by atoms with Gasteiger partial charge in [0.15, 0.2) is 6.19 Å². The van der Waals surface area contributed by atoms with E-state index in [0.717, 1.165) is 17.2 Å². The van der Waals surface area contributed by atoms with Crippen LogP contribution in [-0.4, -0.2) is 29.7 Å². The number of aryl methyl sites for hydroxylation is 1. The predicted molar refractivity (Wildman–Crippen MR) is 73.1 cm³/mol. The first kappa shape index (κ1) is 13.8. The number of hydrogen-bond acceptors (Lipinski definition) is 5. The highest BCUT2D eigenvalue weighted by Gasteiger charge is 2.00. The molecule has 0 radical (unpaired) electrons. The van der Waals surface area contributed by atoms with Crippen LogP contribution in [-0.2, 0) is 5.75 Å². The Kier molecular flexibility index (Phi) is 6.43. The van der Waals surface area contributed by atoms with E-state index in [-0.39, 0.29) is 0 Å². The summed E-state index contributed by atoms with van der Waals surface area (Å²) in [6.45, 7) is 2.71. The molecule has 0 amide bonds. The maximum Gasteiger partial charge on any atom is 0.204 e. The van der Waals surface area contributed by atoms with Crippen LogP contribution < -0.4 is 10.6 Å². The molecule has 0 spiro atoms. The molecular formula is C10H15N5S2. The lowest BCUT2D eigenvalue weighted by Crippen LogP contribution is -2.31. The van der Waals surface area contributed by atoms with Gasteiger partial charge >= 0.3 is 0 Å². The zero-order valence-electron chi connectivity index (χ0n) is 9.86. The first-order chi connectivity index (χ1) is 8.27. The smallest absolute Gasteiger partial charge is 0.204 e. The molecule has 0 aromatic carbocycles. The fourth-order valence-corrected chi connectivity index (χ4v) is 2.78. The van der Waals surface area contributed by atoms with Crippen molar-refractivity contribution in [1.82, 2.24) is 15.0 Å². The molecule has 1 aromatic heterocycles. The Morgan fingerprint density at radius 2 is 2.53 bits per heavy atom. The molecule has 0 fully saturated rings. The van der Waals surface area contributed by atoms with Gasteiger partial charge in [-0.15, -0.1) is 0 Å². The molecule has 0 saturated heterocycles. The third-order valence-electron chi connectivity index (χ3n) is 2.02. The monoisotopic (exact) mass is 269 g/mol. The molecule has 0 saturated carbocycles. The van der Waals surface area contributed by atoms with Gasteiger partial charge in [0.05, 0.1) is 12.2 Å². The average Bonchev–Trinajstić information content (AvgIpc) is 2.73. The fraction of sp³-hybridized carbons (Fsp3) is 0.500. The molecule has 1 heterocycles. The summed E-state index contributed by atoms with van der Waals surface area (Å²) in [5.74, 6) is 2.41. The molecule has 7 heteroatoms. The van der Waals surface area contributed by atoms with Crippen LogP contribution in [0.1, 0.15) is 11.3 Å². The molecule has 0 bridgehead atoms. The van der Waals surface area contributed by atoms with Crippen molar-refractivity contribution >= 4 is 29.3 Å². The Balaban J connectivity index is 2.20. The van der Waals surface area contributed by atoms with Gasteiger partial charge in [0.2, 0.25) is 5.96 Å². The van der Waals surface area contributed by atoms with Crippen molar-refractivity contribution < 1.29 is 0 Å². The Morgan fingerprint density at radius 1 is 1.71 bits per heavy atom. The van der Waals surface area contributed by atoms with Crippen LogP contribution in [0.5, 0.6) is 0 Å². The van der Waals surface area contributed by atoms with Crippen LogP contribution in [0.2, 0.25) is 0 Å². The molecule has 2 N–H and O–H groups in total. The molecule has 0 aliphatic carbocycles. The molecule has 17 heavy (non-hydrogen) atoms. The summed E-state index contributed by atoms with van der Waals surface area (Å²) in [5.41, 5.74) is 2.42. The van der Waals surface area contributed by atoms with Crippen LogP contribution in [0.15, 0.2) is 10.4 Å². The van der Waals surface area contributed by atoms with Gasteiger partial charge in [0.25, 0.3) is 0 Å². The highest BCUT2D eigenvalue weighted by atomic mass is 32.2. The quantitative estimate of drug-likeness (QED) is 0.277. The van der Waals surface area contributed by atoms with E-state index in [2.05, 4.69) is 25.4 Å². The van der Waals surface area contributed by atoms with Crippen LogP contribution in [0.25, 0.3) is 0 Å². The summed E-state index contributed by atoms with van der Waals surface area (Å²) < 4.78 is 4.23. The minimum absolute atomic E-state index is 0.515. The second-order valence-corrected chi connectivity index (χ2v) is 4.93. The van der Waals surface area contributed by atoms with Gasteiger partial charge in [0, 0.05) is 23.9 Å². The van der Waals surface area contributed by atoms with Gasteiger partial charge in [0.1, 0.15) is 0 Å². The normalized spacial score (nSPS) is 11.0. The number of guanidine groups is 1. The fourth-order valence-electron chi connectivity index (χ4n) is 1.09. The maximum atomic E-state index is 8.43. The third-order valence-corrected chi connectivity index (χ3v) is 3.78. The molecular weight excluding hydrogens is 254 g/mol. The molecule has 0 aliphatic rings. The number of nitrogens with zero attached hydrogens (tertiary/aromatic N) is 3. The molecule has 1 rings (SSSR count). The first-order valence-corrected chi connectivity index (χ1v) is 7.12.